The van der Waals surface area contributed by atoms with E-state index < -0.39 is 11.7 Å². The van der Waals surface area contributed by atoms with Crippen LogP contribution in [0, 0.1) is 0 Å². The third-order valence-electron chi connectivity index (χ3n) is 3.68. The fourth-order valence-electron chi connectivity index (χ4n) is 2.30. The number of hydrogen-bond donors (Lipinski definition) is 2. The Hall–Kier alpha value is -2.40. The molecule has 0 saturated carbocycles. The van der Waals surface area contributed by atoms with Crippen molar-refractivity contribution < 1.29 is 9.53 Å². The zero-order valence-electron chi connectivity index (χ0n) is 15.4. The highest BCUT2D eigenvalue weighted by molar-refractivity contribution is 5.67. The van der Waals surface area contributed by atoms with Crippen molar-refractivity contribution in [3.63, 3.8) is 0 Å². The Bertz CT molecular complexity index is 664. The van der Waals surface area contributed by atoms with Crippen LogP contribution >= 0.6 is 0 Å². The molecule has 134 valence electrons. The summed E-state index contributed by atoms with van der Waals surface area (Å²) in [5.74, 6) is 0. The van der Waals surface area contributed by atoms with Crippen LogP contribution in [0.1, 0.15) is 50.4 Å². The molecule has 2 rings (SSSR count). The van der Waals surface area contributed by atoms with Crippen LogP contribution < -0.4 is 10.6 Å². The van der Waals surface area contributed by atoms with Gasteiger partial charge in [0, 0.05) is 31.5 Å². The Labute approximate surface area is 149 Å². The van der Waals surface area contributed by atoms with Crippen LogP contribution in [-0.2, 0) is 17.8 Å². The molecule has 25 heavy (non-hydrogen) atoms. The molecule has 0 aliphatic carbocycles. The van der Waals surface area contributed by atoms with Gasteiger partial charge in [0.05, 0.1) is 0 Å². The quantitative estimate of drug-likeness (QED) is 0.835. The average Bonchev–Trinajstić information content (AvgIpc) is 2.58. The number of amides is 1. The van der Waals surface area contributed by atoms with E-state index in [1.54, 1.807) is 12.4 Å². The molecular weight excluding hydrogens is 314 g/mol. The lowest BCUT2D eigenvalue weighted by molar-refractivity contribution is 0.0523. The molecule has 0 aliphatic rings. The van der Waals surface area contributed by atoms with E-state index in [1.807, 2.05) is 45.0 Å². The summed E-state index contributed by atoms with van der Waals surface area (Å²) in [5.41, 5.74) is 2.97. The van der Waals surface area contributed by atoms with Gasteiger partial charge < -0.3 is 15.4 Å². The molecule has 1 amide bonds. The predicted molar refractivity (Wildman–Crippen MR) is 99.0 cm³/mol. The molecule has 0 bridgehead atoms. The monoisotopic (exact) mass is 341 g/mol. The number of carbonyl (C=O) groups excluding carboxylic acids is 1. The van der Waals surface area contributed by atoms with Crippen LogP contribution in [0.3, 0.4) is 0 Å². The Morgan fingerprint density at radius 1 is 1.04 bits per heavy atom. The molecule has 1 heterocycles. The van der Waals surface area contributed by atoms with Gasteiger partial charge in [0.15, 0.2) is 0 Å². The molecule has 0 radical (unpaired) electrons. The van der Waals surface area contributed by atoms with E-state index in [4.69, 9.17) is 4.74 Å². The van der Waals surface area contributed by atoms with Crippen LogP contribution in [0.2, 0.25) is 0 Å². The van der Waals surface area contributed by atoms with Gasteiger partial charge in [-0.25, -0.2) is 4.79 Å². The van der Waals surface area contributed by atoms with E-state index in [1.165, 1.54) is 11.1 Å². The lowest BCUT2D eigenvalue weighted by Gasteiger charge is -2.19. The predicted octanol–water partition coefficient (Wildman–Crippen LogP) is 3.96. The van der Waals surface area contributed by atoms with Gasteiger partial charge in [-0.2, -0.15) is 0 Å². The summed E-state index contributed by atoms with van der Waals surface area (Å²) < 4.78 is 5.23. The first kappa shape index (κ1) is 18.9. The molecule has 0 saturated heterocycles. The molecule has 2 aromatic rings. The van der Waals surface area contributed by atoms with Crippen LogP contribution in [-0.4, -0.2) is 16.7 Å². The fourth-order valence-corrected chi connectivity index (χ4v) is 2.30. The van der Waals surface area contributed by atoms with Gasteiger partial charge in [-0.15, -0.1) is 0 Å². The molecule has 1 unspecified atom stereocenters. The lowest BCUT2D eigenvalue weighted by Crippen LogP contribution is -2.32. The minimum atomic E-state index is -0.481. The van der Waals surface area contributed by atoms with Gasteiger partial charge in [-0.1, -0.05) is 24.3 Å². The number of rotatable bonds is 6. The number of alkyl carbamates (subject to hydrolysis) is 1. The van der Waals surface area contributed by atoms with Crippen molar-refractivity contribution in [2.45, 2.75) is 52.4 Å². The second-order valence-corrected chi connectivity index (χ2v) is 7.06. The summed E-state index contributed by atoms with van der Waals surface area (Å²) in [4.78, 5) is 15.7. The lowest BCUT2D eigenvalue weighted by atomic mass is 10.1. The van der Waals surface area contributed by atoms with Crippen LogP contribution in [0.5, 0.6) is 0 Å². The standard InChI is InChI=1S/C20H27N3O2/c1-15(18-9-11-21-12-10-18)22-13-16-5-7-17(8-6-16)14-23-19(24)25-20(2,3)4/h5-12,15,22H,13-14H2,1-4H3,(H,23,24). The van der Waals surface area contributed by atoms with E-state index in [-0.39, 0.29) is 6.04 Å². The zero-order valence-corrected chi connectivity index (χ0v) is 15.4. The maximum atomic E-state index is 11.7. The first-order valence-corrected chi connectivity index (χ1v) is 8.51. The summed E-state index contributed by atoms with van der Waals surface area (Å²) in [6.07, 6.45) is 3.21. The number of carbonyl (C=O) groups is 1. The van der Waals surface area contributed by atoms with E-state index in [9.17, 15) is 4.79 Å². The number of pyridine rings is 1. The average molecular weight is 341 g/mol. The largest absolute Gasteiger partial charge is 0.444 e. The highest BCUT2D eigenvalue weighted by Crippen LogP contribution is 2.12. The Kier molecular flexibility index (Phi) is 6.53. The molecule has 1 atom stereocenters. The first-order chi connectivity index (χ1) is 11.8. The highest BCUT2D eigenvalue weighted by Gasteiger charge is 2.15. The SMILES string of the molecule is CC(NCc1ccc(CNC(=O)OC(C)(C)C)cc1)c1ccncc1. The van der Waals surface area contributed by atoms with Crippen molar-refractivity contribution in [2.75, 3.05) is 0 Å². The van der Waals surface area contributed by atoms with Gasteiger partial charge in [-0.05, 0) is 56.5 Å². The first-order valence-electron chi connectivity index (χ1n) is 8.51. The fraction of sp³-hybridized carbons (Fsp3) is 0.400. The van der Waals surface area contributed by atoms with E-state index >= 15 is 0 Å². The van der Waals surface area contributed by atoms with Crippen molar-refractivity contribution in [3.8, 4) is 0 Å². The van der Waals surface area contributed by atoms with Crippen LogP contribution in [0.15, 0.2) is 48.8 Å². The van der Waals surface area contributed by atoms with E-state index in [0.29, 0.717) is 6.54 Å². The summed E-state index contributed by atoms with van der Waals surface area (Å²) in [5, 5.41) is 6.26. The number of ether oxygens (including phenoxy) is 1. The Morgan fingerprint density at radius 2 is 1.60 bits per heavy atom. The maximum Gasteiger partial charge on any atom is 0.407 e. The number of nitrogens with zero attached hydrogens (tertiary/aromatic N) is 1. The number of nitrogens with one attached hydrogen (secondary N) is 2. The number of hydrogen-bond acceptors (Lipinski definition) is 4. The smallest absolute Gasteiger partial charge is 0.407 e. The second-order valence-electron chi connectivity index (χ2n) is 7.06. The van der Waals surface area contributed by atoms with E-state index in [0.717, 1.165) is 12.1 Å². The van der Waals surface area contributed by atoms with Crippen LogP contribution in [0.4, 0.5) is 4.79 Å². The Balaban J connectivity index is 1.79. The summed E-state index contributed by atoms with van der Waals surface area (Å²) in [7, 11) is 0. The maximum absolute atomic E-state index is 11.7. The third-order valence-corrected chi connectivity index (χ3v) is 3.68. The minimum Gasteiger partial charge on any atom is -0.444 e. The summed E-state index contributed by atoms with van der Waals surface area (Å²) in [6.45, 7) is 8.91. The van der Waals surface area contributed by atoms with Gasteiger partial charge in [0.25, 0.3) is 0 Å². The molecule has 5 nitrogen and oxygen atoms in total. The third kappa shape index (κ3) is 6.93. The van der Waals surface area contributed by atoms with Crippen molar-refractivity contribution in [3.05, 3.63) is 65.5 Å². The zero-order chi connectivity index (χ0) is 18.3. The topological polar surface area (TPSA) is 63.2 Å². The Morgan fingerprint density at radius 3 is 2.16 bits per heavy atom. The van der Waals surface area contributed by atoms with Crippen molar-refractivity contribution in [1.82, 2.24) is 15.6 Å². The van der Waals surface area contributed by atoms with Gasteiger partial charge in [-0.3, -0.25) is 4.98 Å². The highest BCUT2D eigenvalue weighted by atomic mass is 16.6. The van der Waals surface area contributed by atoms with E-state index in [2.05, 4.69) is 34.7 Å². The minimum absolute atomic E-state index is 0.261. The van der Waals surface area contributed by atoms with Crippen molar-refractivity contribution >= 4 is 6.09 Å². The van der Waals surface area contributed by atoms with Gasteiger partial charge in [0.2, 0.25) is 0 Å². The number of aromatic nitrogens is 1. The molecule has 5 heteroatoms. The molecule has 0 spiro atoms. The van der Waals surface area contributed by atoms with Gasteiger partial charge >= 0.3 is 6.09 Å². The molecule has 1 aromatic heterocycles. The molecule has 0 fully saturated rings. The summed E-state index contributed by atoms with van der Waals surface area (Å²) in [6, 6.07) is 12.5. The van der Waals surface area contributed by atoms with Crippen LogP contribution in [0.25, 0.3) is 0 Å². The molecule has 0 aliphatic heterocycles. The van der Waals surface area contributed by atoms with Crippen molar-refractivity contribution in [2.24, 2.45) is 0 Å². The number of benzene rings is 1. The molecule has 1 aromatic carbocycles. The second kappa shape index (κ2) is 8.62. The van der Waals surface area contributed by atoms with Crippen molar-refractivity contribution in [1.29, 1.82) is 0 Å². The summed E-state index contributed by atoms with van der Waals surface area (Å²) >= 11 is 0. The normalized spacial score (nSPS) is 12.5. The van der Waals surface area contributed by atoms with Gasteiger partial charge in [0.1, 0.15) is 5.60 Å². The molecule has 2 N–H and O–H groups in total. The molecular formula is C20H27N3O2.